The van der Waals surface area contributed by atoms with Gasteiger partial charge in [-0.3, -0.25) is 19.2 Å². The first-order valence-corrected chi connectivity index (χ1v) is 13.0. The Kier molecular flexibility index (Phi) is 10.3. The summed E-state index contributed by atoms with van der Waals surface area (Å²) in [5.74, 6) is -1.16. The van der Waals surface area contributed by atoms with Gasteiger partial charge in [-0.1, -0.05) is 29.5 Å². The minimum Gasteiger partial charge on any atom is -0.486 e. The average molecular weight is 565 g/mol. The molecule has 1 N–H and O–H groups in total. The van der Waals surface area contributed by atoms with E-state index in [-0.39, 0.29) is 13.2 Å². The number of hydrogen-bond donors (Lipinski definition) is 1. The van der Waals surface area contributed by atoms with Gasteiger partial charge in [0.15, 0.2) is 23.2 Å². The van der Waals surface area contributed by atoms with Gasteiger partial charge in [-0.15, -0.1) is 10.2 Å². The molecule has 1 fully saturated rings. The summed E-state index contributed by atoms with van der Waals surface area (Å²) in [5, 5.41) is 11.6. The molecule has 13 nitrogen and oxygen atoms in total. The molecule has 14 heteroatoms. The van der Waals surface area contributed by atoms with Crippen molar-refractivity contribution in [2.24, 2.45) is 7.05 Å². The summed E-state index contributed by atoms with van der Waals surface area (Å²) in [6.07, 6.45) is -3.33. The Labute approximate surface area is 229 Å². The first-order valence-electron chi connectivity index (χ1n) is 12.1. The number of aryl methyl sites for hydroxylation is 1. The van der Waals surface area contributed by atoms with E-state index in [9.17, 15) is 19.2 Å². The topological polar surface area (TPSA) is 157 Å². The Balaban J connectivity index is 1.88. The minimum absolute atomic E-state index is 0.146. The number of esters is 3. The zero-order valence-corrected chi connectivity index (χ0v) is 23.4. The van der Waals surface area contributed by atoms with Crippen molar-refractivity contribution in [1.29, 1.82) is 0 Å². The van der Waals surface area contributed by atoms with Crippen LogP contribution in [0.15, 0.2) is 29.4 Å². The molecule has 212 valence electrons. The lowest BCUT2D eigenvalue weighted by molar-refractivity contribution is -0.211. The molecule has 5 atom stereocenters. The molecule has 0 spiro atoms. The highest BCUT2D eigenvalue weighted by molar-refractivity contribution is 7.99. The molecule has 2 heterocycles. The Morgan fingerprint density at radius 2 is 1.62 bits per heavy atom. The molecule has 1 saturated heterocycles. The van der Waals surface area contributed by atoms with Gasteiger partial charge in [0.2, 0.25) is 5.91 Å². The van der Waals surface area contributed by atoms with Crippen LogP contribution in [0.2, 0.25) is 0 Å². The predicted molar refractivity (Wildman–Crippen MR) is 136 cm³/mol. The average Bonchev–Trinajstić information content (AvgIpc) is 3.19. The molecule has 1 amide bonds. The number of nitrogens with one attached hydrogen (secondary N) is 1. The number of benzene rings is 1. The Morgan fingerprint density at radius 1 is 0.974 bits per heavy atom. The lowest BCUT2D eigenvalue weighted by Gasteiger charge is -2.44. The molecule has 0 radical (unpaired) electrons. The third-order valence-corrected chi connectivity index (χ3v) is 6.81. The monoisotopic (exact) mass is 564 g/mol. The molecule has 39 heavy (non-hydrogen) atoms. The first kappa shape index (κ1) is 29.9. The Hall–Kier alpha value is -3.65. The van der Waals surface area contributed by atoms with E-state index in [1.165, 1.54) is 27.7 Å². The first-order chi connectivity index (χ1) is 18.4. The fourth-order valence-electron chi connectivity index (χ4n) is 3.85. The molecule has 0 unspecified atom stereocenters. The van der Waals surface area contributed by atoms with Crippen LogP contribution in [0.1, 0.15) is 39.1 Å². The molecule has 1 aromatic carbocycles. The van der Waals surface area contributed by atoms with Crippen LogP contribution in [0, 0.1) is 6.92 Å². The summed E-state index contributed by atoms with van der Waals surface area (Å²) in [7, 11) is 1.74. The van der Waals surface area contributed by atoms with Gasteiger partial charge in [-0.2, -0.15) is 0 Å². The Morgan fingerprint density at radius 3 is 2.21 bits per heavy atom. The van der Waals surface area contributed by atoms with Crippen LogP contribution in [0.5, 0.6) is 5.75 Å². The van der Waals surface area contributed by atoms with E-state index in [0.717, 1.165) is 17.3 Å². The summed E-state index contributed by atoms with van der Waals surface area (Å²) in [6, 6.07) is 6.62. The van der Waals surface area contributed by atoms with Crippen LogP contribution in [0.25, 0.3) is 0 Å². The Bertz CT molecular complexity index is 1190. The molecule has 2 aromatic rings. The van der Waals surface area contributed by atoms with Crippen molar-refractivity contribution in [3.63, 3.8) is 0 Å². The lowest BCUT2D eigenvalue weighted by atomic mass is 9.97. The summed E-state index contributed by atoms with van der Waals surface area (Å²) in [5.41, 5.74) is 0.204. The van der Waals surface area contributed by atoms with E-state index in [1.54, 1.807) is 11.6 Å². The van der Waals surface area contributed by atoms with Gasteiger partial charge in [0.25, 0.3) is 0 Å². The maximum Gasteiger partial charge on any atom is 0.303 e. The smallest absolute Gasteiger partial charge is 0.303 e. The zero-order valence-electron chi connectivity index (χ0n) is 22.5. The molecular formula is C25H32N4O9S. The van der Waals surface area contributed by atoms with Crippen molar-refractivity contribution in [2.45, 2.75) is 76.2 Å². The number of hydrogen-bond acceptors (Lipinski definition) is 12. The number of aromatic nitrogens is 3. The van der Waals surface area contributed by atoms with Crippen molar-refractivity contribution < 1.29 is 42.9 Å². The maximum absolute atomic E-state index is 12.1. The van der Waals surface area contributed by atoms with Crippen LogP contribution < -0.4 is 10.1 Å². The predicted octanol–water partition coefficient (Wildman–Crippen LogP) is 1.45. The largest absolute Gasteiger partial charge is 0.486 e. The molecule has 1 aliphatic heterocycles. The summed E-state index contributed by atoms with van der Waals surface area (Å²) >= 11 is 1.10. The minimum atomic E-state index is -1.17. The van der Waals surface area contributed by atoms with Crippen LogP contribution in [-0.2, 0) is 51.8 Å². The third-order valence-electron chi connectivity index (χ3n) is 5.61. The van der Waals surface area contributed by atoms with Crippen molar-refractivity contribution in [3.8, 4) is 5.75 Å². The molecule has 1 aliphatic rings. The summed E-state index contributed by atoms with van der Waals surface area (Å²) < 4.78 is 29.8. The highest BCUT2D eigenvalue weighted by Crippen LogP contribution is 2.35. The van der Waals surface area contributed by atoms with Gasteiger partial charge in [-0.25, -0.2) is 0 Å². The fraction of sp³-hybridized carbons (Fsp3) is 0.520. The standard InChI is InChI=1S/C25H32N4O9S/c1-13-7-9-18(10-8-13)35-12-20-27-28-25(29(20)6)39-24-21(26-14(2)30)23(37-17(5)33)22(36-16(4)32)19(38-24)11-34-15(3)31/h7-10,19,21-24H,11-12H2,1-6H3,(H,26,30)/t19-,21-,22-,23-,24+/m1/s1. The van der Waals surface area contributed by atoms with Crippen molar-refractivity contribution >= 4 is 35.6 Å². The van der Waals surface area contributed by atoms with Crippen molar-refractivity contribution in [1.82, 2.24) is 20.1 Å². The van der Waals surface area contributed by atoms with E-state index < -0.39 is 53.6 Å². The van der Waals surface area contributed by atoms with Gasteiger partial charge >= 0.3 is 17.9 Å². The maximum atomic E-state index is 12.1. The van der Waals surface area contributed by atoms with Crippen LogP contribution >= 0.6 is 11.8 Å². The third kappa shape index (κ3) is 8.42. The van der Waals surface area contributed by atoms with E-state index in [2.05, 4.69) is 15.5 Å². The highest BCUT2D eigenvalue weighted by atomic mass is 32.2. The lowest BCUT2D eigenvalue weighted by Crippen LogP contribution is -2.65. The summed E-state index contributed by atoms with van der Waals surface area (Å²) in [4.78, 5) is 47.6. The van der Waals surface area contributed by atoms with Gasteiger partial charge < -0.3 is 33.6 Å². The van der Waals surface area contributed by atoms with Crippen LogP contribution in [0.4, 0.5) is 0 Å². The van der Waals surface area contributed by atoms with Crippen LogP contribution in [0.3, 0.4) is 0 Å². The number of amides is 1. The second kappa shape index (κ2) is 13.4. The van der Waals surface area contributed by atoms with Gasteiger partial charge in [0.05, 0.1) is 0 Å². The number of carbonyl (C=O) groups is 4. The van der Waals surface area contributed by atoms with E-state index in [4.69, 9.17) is 23.7 Å². The second-order valence-corrected chi connectivity index (χ2v) is 9.96. The molecule has 3 rings (SSSR count). The number of rotatable bonds is 10. The van der Waals surface area contributed by atoms with E-state index >= 15 is 0 Å². The molecule has 1 aromatic heterocycles. The quantitative estimate of drug-likeness (QED) is 0.328. The number of nitrogens with zero attached hydrogens (tertiary/aromatic N) is 3. The van der Waals surface area contributed by atoms with E-state index in [0.29, 0.717) is 16.7 Å². The van der Waals surface area contributed by atoms with Gasteiger partial charge in [0, 0.05) is 34.7 Å². The normalized spacial score (nSPS) is 22.5. The molecule has 0 bridgehead atoms. The SMILES string of the molecule is CC(=O)N[C@@H]1[C@@H](OC(C)=O)[C@H](OC(C)=O)[C@@H](COC(C)=O)O[C@H]1Sc1nnc(COc2ccc(C)cc2)n1C. The molecule has 0 aliphatic carbocycles. The van der Waals surface area contributed by atoms with Crippen LogP contribution in [-0.4, -0.2) is 75.0 Å². The van der Waals surface area contributed by atoms with Gasteiger partial charge in [0.1, 0.15) is 36.5 Å². The molecular weight excluding hydrogens is 532 g/mol. The van der Waals surface area contributed by atoms with Crippen molar-refractivity contribution in [3.05, 3.63) is 35.7 Å². The number of ether oxygens (including phenoxy) is 5. The summed E-state index contributed by atoms with van der Waals surface area (Å²) in [6.45, 7) is 6.73. The van der Waals surface area contributed by atoms with Crippen molar-refractivity contribution in [2.75, 3.05) is 6.61 Å². The molecule has 0 saturated carbocycles. The second-order valence-electron chi connectivity index (χ2n) is 8.90. The zero-order chi connectivity index (χ0) is 28.7. The number of thioether (sulfide) groups is 1. The highest BCUT2D eigenvalue weighted by Gasteiger charge is 2.51. The fourth-order valence-corrected chi connectivity index (χ4v) is 4.98. The van der Waals surface area contributed by atoms with E-state index in [1.807, 2.05) is 31.2 Å². The van der Waals surface area contributed by atoms with Gasteiger partial charge in [-0.05, 0) is 19.1 Å². The number of carbonyl (C=O) groups excluding carboxylic acids is 4.